The minimum Gasteiger partial charge on any atom is -0.495 e. The quantitative estimate of drug-likeness (QED) is 0.756. The SMILES string of the molecule is COc1ccccc1NC(=O)CCSc1n[nH]c(=O)n1C1CC1. The maximum Gasteiger partial charge on any atom is 0.344 e. The van der Waals surface area contributed by atoms with Crippen LogP contribution in [0.15, 0.2) is 34.2 Å². The summed E-state index contributed by atoms with van der Waals surface area (Å²) in [5, 5.41) is 9.98. The second-order valence-electron chi connectivity index (χ2n) is 5.26. The van der Waals surface area contributed by atoms with E-state index in [9.17, 15) is 9.59 Å². The molecule has 1 aromatic heterocycles. The lowest BCUT2D eigenvalue weighted by Gasteiger charge is -2.09. The number of thioether (sulfide) groups is 1. The Morgan fingerprint density at radius 2 is 2.26 bits per heavy atom. The van der Waals surface area contributed by atoms with Crippen molar-refractivity contribution in [2.24, 2.45) is 0 Å². The molecule has 1 aliphatic rings. The molecule has 2 aromatic rings. The summed E-state index contributed by atoms with van der Waals surface area (Å²) in [5.41, 5.74) is 0.480. The number of aromatic amines is 1. The summed E-state index contributed by atoms with van der Waals surface area (Å²) < 4.78 is 6.88. The molecule has 23 heavy (non-hydrogen) atoms. The molecule has 0 bridgehead atoms. The van der Waals surface area contributed by atoms with E-state index in [-0.39, 0.29) is 17.6 Å². The van der Waals surface area contributed by atoms with Gasteiger partial charge in [0.05, 0.1) is 12.8 Å². The number of ether oxygens (including phenoxy) is 1. The molecule has 1 amide bonds. The van der Waals surface area contributed by atoms with E-state index in [0.717, 1.165) is 12.8 Å². The molecule has 1 saturated carbocycles. The number of carbonyl (C=O) groups excluding carboxylic acids is 1. The van der Waals surface area contributed by atoms with Crippen LogP contribution >= 0.6 is 11.8 Å². The average molecular weight is 334 g/mol. The first-order valence-electron chi connectivity index (χ1n) is 7.41. The summed E-state index contributed by atoms with van der Waals surface area (Å²) in [6, 6.07) is 7.54. The van der Waals surface area contributed by atoms with Crippen molar-refractivity contribution >= 4 is 23.4 Å². The Balaban J connectivity index is 1.53. The van der Waals surface area contributed by atoms with Crippen molar-refractivity contribution in [3.63, 3.8) is 0 Å². The number of nitrogens with zero attached hydrogens (tertiary/aromatic N) is 2. The molecule has 0 radical (unpaired) electrons. The largest absolute Gasteiger partial charge is 0.495 e. The van der Waals surface area contributed by atoms with Crippen LogP contribution in [0, 0.1) is 0 Å². The summed E-state index contributed by atoms with van der Waals surface area (Å²) in [7, 11) is 1.57. The van der Waals surface area contributed by atoms with Crippen molar-refractivity contribution in [2.75, 3.05) is 18.2 Å². The van der Waals surface area contributed by atoms with E-state index >= 15 is 0 Å². The first kappa shape index (κ1) is 15.7. The van der Waals surface area contributed by atoms with Crippen LogP contribution in [0.5, 0.6) is 5.75 Å². The zero-order valence-electron chi connectivity index (χ0n) is 12.7. The molecule has 1 fully saturated rings. The van der Waals surface area contributed by atoms with Crippen molar-refractivity contribution in [1.82, 2.24) is 14.8 Å². The van der Waals surface area contributed by atoms with Gasteiger partial charge in [-0.1, -0.05) is 23.9 Å². The Bertz CT molecular complexity index is 751. The van der Waals surface area contributed by atoms with E-state index < -0.39 is 0 Å². The molecule has 0 saturated heterocycles. The smallest absolute Gasteiger partial charge is 0.344 e. The molecule has 8 heteroatoms. The molecule has 0 atom stereocenters. The van der Waals surface area contributed by atoms with Crippen LogP contribution in [0.1, 0.15) is 25.3 Å². The summed E-state index contributed by atoms with van der Waals surface area (Å²) in [4.78, 5) is 23.7. The Morgan fingerprint density at radius 1 is 1.48 bits per heavy atom. The number of aromatic nitrogens is 3. The second kappa shape index (κ2) is 6.91. The number of benzene rings is 1. The number of nitrogens with one attached hydrogen (secondary N) is 2. The lowest BCUT2D eigenvalue weighted by atomic mass is 10.3. The Hall–Kier alpha value is -2.22. The molecule has 1 heterocycles. The van der Waals surface area contributed by atoms with Gasteiger partial charge in [-0.2, -0.15) is 0 Å². The lowest BCUT2D eigenvalue weighted by Crippen LogP contribution is -2.16. The number of H-pyrrole nitrogens is 1. The fourth-order valence-corrected chi connectivity index (χ4v) is 3.19. The summed E-state index contributed by atoms with van der Waals surface area (Å²) >= 11 is 1.41. The molecule has 0 aliphatic heterocycles. The van der Waals surface area contributed by atoms with Crippen LogP contribution in [-0.4, -0.2) is 33.5 Å². The standard InChI is InChI=1S/C15H18N4O3S/c1-22-12-5-3-2-4-11(12)16-13(20)8-9-23-15-18-17-14(21)19(15)10-6-7-10/h2-5,10H,6-9H2,1H3,(H,16,20)(H,17,21). The average Bonchev–Trinajstić information content (AvgIpc) is 3.32. The van der Waals surface area contributed by atoms with Crippen molar-refractivity contribution in [2.45, 2.75) is 30.5 Å². The third kappa shape index (κ3) is 3.76. The lowest BCUT2D eigenvalue weighted by molar-refractivity contribution is -0.115. The zero-order chi connectivity index (χ0) is 16.2. The molecule has 2 N–H and O–H groups in total. The van der Waals surface area contributed by atoms with E-state index in [2.05, 4.69) is 15.5 Å². The zero-order valence-corrected chi connectivity index (χ0v) is 13.6. The Kier molecular flexibility index (Phi) is 4.71. The van der Waals surface area contributed by atoms with Gasteiger partial charge >= 0.3 is 5.69 Å². The number of amides is 1. The highest BCUT2D eigenvalue weighted by Gasteiger charge is 2.28. The molecule has 1 aromatic carbocycles. The minimum absolute atomic E-state index is 0.0992. The number of rotatable bonds is 7. The van der Waals surface area contributed by atoms with E-state index in [1.165, 1.54) is 11.8 Å². The maximum absolute atomic E-state index is 12.0. The molecule has 3 rings (SSSR count). The number of hydrogen-bond acceptors (Lipinski definition) is 5. The number of methoxy groups -OCH3 is 1. The minimum atomic E-state index is -0.173. The predicted molar refractivity (Wildman–Crippen MR) is 88.1 cm³/mol. The third-order valence-electron chi connectivity index (χ3n) is 3.53. The van der Waals surface area contributed by atoms with Gasteiger partial charge in [-0.3, -0.25) is 9.36 Å². The number of anilines is 1. The fourth-order valence-electron chi connectivity index (χ4n) is 2.24. The second-order valence-corrected chi connectivity index (χ2v) is 6.32. The van der Waals surface area contributed by atoms with Crippen molar-refractivity contribution in [1.29, 1.82) is 0 Å². The van der Waals surface area contributed by atoms with Gasteiger partial charge < -0.3 is 10.1 Å². The van der Waals surface area contributed by atoms with Gasteiger partial charge in [0, 0.05) is 18.2 Å². The van der Waals surface area contributed by atoms with Crippen molar-refractivity contribution < 1.29 is 9.53 Å². The van der Waals surface area contributed by atoms with E-state index in [1.54, 1.807) is 23.8 Å². The fraction of sp³-hybridized carbons (Fsp3) is 0.400. The van der Waals surface area contributed by atoms with Gasteiger partial charge in [-0.25, -0.2) is 9.89 Å². The molecule has 1 aliphatic carbocycles. The molecular weight excluding hydrogens is 316 g/mol. The maximum atomic E-state index is 12.0. The van der Waals surface area contributed by atoms with Gasteiger partial charge in [0.15, 0.2) is 5.16 Å². The Labute approximate surface area is 137 Å². The van der Waals surface area contributed by atoms with Crippen LogP contribution in [0.25, 0.3) is 0 Å². The van der Waals surface area contributed by atoms with E-state index in [1.807, 2.05) is 12.1 Å². The highest BCUT2D eigenvalue weighted by Crippen LogP contribution is 2.36. The van der Waals surface area contributed by atoms with E-state index in [4.69, 9.17) is 4.74 Å². The summed E-state index contributed by atoms with van der Waals surface area (Å²) in [5.74, 6) is 1.08. The topological polar surface area (TPSA) is 89.0 Å². The monoisotopic (exact) mass is 334 g/mol. The van der Waals surface area contributed by atoms with Gasteiger partial charge in [0.1, 0.15) is 5.75 Å². The summed E-state index contributed by atoms with van der Waals surface area (Å²) in [6.07, 6.45) is 2.36. The van der Waals surface area contributed by atoms with Crippen LogP contribution in [0.3, 0.4) is 0 Å². The molecule has 0 spiro atoms. The molecular formula is C15H18N4O3S. The Morgan fingerprint density at radius 3 is 3.00 bits per heavy atom. The van der Waals surface area contributed by atoms with Crippen LogP contribution in [-0.2, 0) is 4.79 Å². The van der Waals surface area contributed by atoms with Gasteiger partial charge in [0.2, 0.25) is 5.91 Å². The van der Waals surface area contributed by atoms with Gasteiger partial charge in [-0.05, 0) is 25.0 Å². The number of para-hydroxylation sites is 2. The van der Waals surface area contributed by atoms with E-state index in [0.29, 0.717) is 28.8 Å². The first-order chi connectivity index (χ1) is 11.2. The molecule has 7 nitrogen and oxygen atoms in total. The summed E-state index contributed by atoms with van der Waals surface area (Å²) in [6.45, 7) is 0. The van der Waals surface area contributed by atoms with Crippen LogP contribution in [0.2, 0.25) is 0 Å². The van der Waals surface area contributed by atoms with Gasteiger partial charge in [0.25, 0.3) is 0 Å². The highest BCUT2D eigenvalue weighted by molar-refractivity contribution is 7.99. The molecule has 122 valence electrons. The first-order valence-corrected chi connectivity index (χ1v) is 8.40. The molecule has 0 unspecified atom stereocenters. The third-order valence-corrected chi connectivity index (χ3v) is 4.48. The van der Waals surface area contributed by atoms with Crippen molar-refractivity contribution in [3.05, 3.63) is 34.7 Å². The van der Waals surface area contributed by atoms with Crippen LogP contribution in [0.4, 0.5) is 5.69 Å². The predicted octanol–water partition coefficient (Wildman–Crippen LogP) is 2.04. The van der Waals surface area contributed by atoms with Crippen molar-refractivity contribution in [3.8, 4) is 5.75 Å². The van der Waals surface area contributed by atoms with Crippen LogP contribution < -0.4 is 15.7 Å². The van der Waals surface area contributed by atoms with Gasteiger partial charge in [-0.15, -0.1) is 5.10 Å². The number of hydrogen-bond donors (Lipinski definition) is 2. The number of carbonyl (C=O) groups is 1. The highest BCUT2D eigenvalue weighted by atomic mass is 32.2. The normalized spacial score (nSPS) is 13.8.